The van der Waals surface area contributed by atoms with E-state index in [9.17, 15) is 18.0 Å². The zero-order chi connectivity index (χ0) is 17.2. The highest BCUT2D eigenvalue weighted by Crippen LogP contribution is 2.40. The predicted octanol–water partition coefficient (Wildman–Crippen LogP) is 3.68. The smallest absolute Gasteiger partial charge is 0.381 e. The van der Waals surface area contributed by atoms with Crippen molar-refractivity contribution in [1.29, 1.82) is 0 Å². The van der Waals surface area contributed by atoms with Gasteiger partial charge in [0.1, 0.15) is 6.04 Å². The van der Waals surface area contributed by atoms with Crippen LogP contribution in [0, 0.1) is 0 Å². The third-order valence-corrected chi connectivity index (χ3v) is 5.22. The Bertz CT molecular complexity index is 567. The highest BCUT2D eigenvalue weighted by atomic mass is 19.4. The van der Waals surface area contributed by atoms with Gasteiger partial charge in [-0.2, -0.15) is 13.2 Å². The summed E-state index contributed by atoms with van der Waals surface area (Å²) in [4.78, 5) is 14.4. The Kier molecular flexibility index (Phi) is 4.85. The van der Waals surface area contributed by atoms with Crippen LogP contribution in [0.3, 0.4) is 0 Å². The summed E-state index contributed by atoms with van der Waals surface area (Å²) < 4.78 is 45.7. The van der Waals surface area contributed by atoms with Gasteiger partial charge in [0.2, 0.25) is 5.91 Å². The summed E-state index contributed by atoms with van der Waals surface area (Å²) in [6.45, 7) is 0.967. The van der Waals surface area contributed by atoms with Crippen molar-refractivity contribution in [2.75, 3.05) is 19.8 Å². The molecule has 0 N–H and O–H groups in total. The number of hydrogen-bond donors (Lipinski definition) is 0. The molecule has 0 radical (unpaired) electrons. The van der Waals surface area contributed by atoms with Gasteiger partial charge in [-0.05, 0) is 37.7 Å². The van der Waals surface area contributed by atoms with Crippen molar-refractivity contribution < 1.29 is 22.7 Å². The lowest BCUT2D eigenvalue weighted by Gasteiger charge is -2.44. The maximum atomic E-state index is 13.4. The SMILES string of the molecule is O=C(N1CCCCC1C(F)(F)F)C1(c2ccccc2)CCOCC1. The normalized spacial score (nSPS) is 24.6. The molecule has 1 atom stereocenters. The van der Waals surface area contributed by atoms with Crippen molar-refractivity contribution in [3.05, 3.63) is 35.9 Å². The number of halogens is 3. The van der Waals surface area contributed by atoms with Crippen LogP contribution in [0.15, 0.2) is 30.3 Å². The molecule has 3 rings (SSSR count). The zero-order valence-electron chi connectivity index (χ0n) is 13.5. The van der Waals surface area contributed by atoms with E-state index >= 15 is 0 Å². The molecule has 132 valence electrons. The summed E-state index contributed by atoms with van der Waals surface area (Å²) in [6.07, 6.45) is -2.39. The lowest BCUT2D eigenvalue weighted by Crippen LogP contribution is -2.58. The summed E-state index contributed by atoms with van der Waals surface area (Å²) in [5.74, 6) is -0.390. The Morgan fingerprint density at radius 3 is 2.42 bits per heavy atom. The number of carbonyl (C=O) groups excluding carboxylic acids is 1. The van der Waals surface area contributed by atoms with Gasteiger partial charge in [0.15, 0.2) is 0 Å². The fraction of sp³-hybridized carbons (Fsp3) is 0.611. The number of benzene rings is 1. The van der Waals surface area contributed by atoms with Crippen LogP contribution in [0.2, 0.25) is 0 Å². The summed E-state index contributed by atoms with van der Waals surface area (Å²) in [5.41, 5.74) is -0.106. The highest BCUT2D eigenvalue weighted by molar-refractivity contribution is 5.89. The molecule has 2 aliphatic rings. The van der Waals surface area contributed by atoms with Gasteiger partial charge < -0.3 is 9.64 Å². The molecule has 2 fully saturated rings. The van der Waals surface area contributed by atoms with E-state index in [0.717, 1.165) is 10.5 Å². The number of alkyl halides is 3. The Balaban J connectivity index is 1.96. The molecular formula is C18H22F3NO2. The van der Waals surface area contributed by atoms with E-state index in [2.05, 4.69) is 0 Å². The van der Waals surface area contributed by atoms with E-state index in [1.165, 1.54) is 0 Å². The molecule has 3 nitrogen and oxygen atoms in total. The van der Waals surface area contributed by atoms with Crippen molar-refractivity contribution in [2.45, 2.75) is 49.7 Å². The Morgan fingerprint density at radius 1 is 1.12 bits per heavy atom. The number of hydrogen-bond acceptors (Lipinski definition) is 2. The maximum absolute atomic E-state index is 13.4. The largest absolute Gasteiger partial charge is 0.408 e. The monoisotopic (exact) mass is 341 g/mol. The number of amides is 1. The second kappa shape index (κ2) is 6.75. The molecule has 0 aliphatic carbocycles. The lowest BCUT2D eigenvalue weighted by molar-refractivity contribution is -0.199. The summed E-state index contributed by atoms with van der Waals surface area (Å²) in [6, 6.07) is 7.53. The van der Waals surface area contributed by atoms with E-state index < -0.39 is 17.6 Å². The molecule has 1 amide bonds. The summed E-state index contributed by atoms with van der Waals surface area (Å²) in [5, 5.41) is 0. The van der Waals surface area contributed by atoms with Crippen molar-refractivity contribution in [3.63, 3.8) is 0 Å². The molecule has 1 aromatic carbocycles. The van der Waals surface area contributed by atoms with Crippen molar-refractivity contribution in [3.8, 4) is 0 Å². The highest BCUT2D eigenvalue weighted by Gasteiger charge is 2.51. The van der Waals surface area contributed by atoms with Crippen LogP contribution in [0.4, 0.5) is 13.2 Å². The first kappa shape index (κ1) is 17.3. The van der Waals surface area contributed by atoms with Crippen LogP contribution >= 0.6 is 0 Å². The van der Waals surface area contributed by atoms with Gasteiger partial charge in [-0.1, -0.05) is 30.3 Å². The van der Waals surface area contributed by atoms with Gasteiger partial charge in [-0.3, -0.25) is 4.79 Å². The molecule has 1 unspecified atom stereocenters. The predicted molar refractivity (Wildman–Crippen MR) is 83.6 cm³/mol. The number of likely N-dealkylation sites (tertiary alicyclic amines) is 1. The van der Waals surface area contributed by atoms with E-state index in [-0.39, 0.29) is 18.9 Å². The first-order valence-corrected chi connectivity index (χ1v) is 8.46. The van der Waals surface area contributed by atoms with E-state index in [1.54, 1.807) is 0 Å². The Morgan fingerprint density at radius 2 is 1.79 bits per heavy atom. The fourth-order valence-corrected chi connectivity index (χ4v) is 3.89. The number of carbonyl (C=O) groups is 1. The molecule has 2 aliphatic heterocycles. The molecule has 0 aromatic heterocycles. The van der Waals surface area contributed by atoms with E-state index in [1.807, 2.05) is 30.3 Å². The van der Waals surface area contributed by atoms with Crippen LogP contribution in [-0.4, -0.2) is 42.8 Å². The van der Waals surface area contributed by atoms with Gasteiger partial charge >= 0.3 is 6.18 Å². The number of ether oxygens (including phenoxy) is 1. The standard InChI is InChI=1S/C18H22F3NO2/c19-18(20,21)15-8-4-5-11-22(15)16(23)17(9-12-24-13-10-17)14-6-2-1-3-7-14/h1-3,6-7,15H,4-5,8-13H2. The number of nitrogens with zero attached hydrogens (tertiary/aromatic N) is 1. The van der Waals surface area contributed by atoms with E-state index in [0.29, 0.717) is 38.9 Å². The minimum absolute atomic E-state index is 0.00336. The molecule has 0 saturated carbocycles. The lowest BCUT2D eigenvalue weighted by atomic mass is 9.72. The van der Waals surface area contributed by atoms with Crippen molar-refractivity contribution >= 4 is 5.91 Å². The third kappa shape index (κ3) is 3.16. The number of rotatable bonds is 2. The minimum atomic E-state index is -4.38. The molecule has 1 aromatic rings. The topological polar surface area (TPSA) is 29.5 Å². The average Bonchev–Trinajstić information content (AvgIpc) is 2.62. The van der Waals surface area contributed by atoms with Crippen molar-refractivity contribution in [2.24, 2.45) is 0 Å². The van der Waals surface area contributed by atoms with Crippen LogP contribution in [0.25, 0.3) is 0 Å². The molecule has 2 heterocycles. The minimum Gasteiger partial charge on any atom is -0.381 e. The number of piperidine rings is 1. The second-order valence-corrected chi connectivity index (χ2v) is 6.61. The van der Waals surface area contributed by atoms with Gasteiger partial charge in [-0.25, -0.2) is 0 Å². The molecule has 6 heteroatoms. The van der Waals surface area contributed by atoms with Gasteiger partial charge in [-0.15, -0.1) is 0 Å². The summed E-state index contributed by atoms with van der Waals surface area (Å²) in [7, 11) is 0. The second-order valence-electron chi connectivity index (χ2n) is 6.61. The average molecular weight is 341 g/mol. The van der Waals surface area contributed by atoms with Crippen LogP contribution in [-0.2, 0) is 14.9 Å². The van der Waals surface area contributed by atoms with E-state index in [4.69, 9.17) is 4.74 Å². The van der Waals surface area contributed by atoms with Gasteiger partial charge in [0, 0.05) is 19.8 Å². The Labute approximate surface area is 139 Å². The molecular weight excluding hydrogens is 319 g/mol. The molecule has 24 heavy (non-hydrogen) atoms. The van der Waals surface area contributed by atoms with Crippen molar-refractivity contribution in [1.82, 2.24) is 4.90 Å². The van der Waals surface area contributed by atoms with Gasteiger partial charge in [0.25, 0.3) is 0 Å². The third-order valence-electron chi connectivity index (χ3n) is 5.22. The van der Waals surface area contributed by atoms with Crippen LogP contribution < -0.4 is 0 Å². The zero-order valence-corrected chi connectivity index (χ0v) is 13.5. The fourth-order valence-electron chi connectivity index (χ4n) is 3.89. The Hall–Kier alpha value is -1.56. The molecule has 0 bridgehead atoms. The van der Waals surface area contributed by atoms with Crippen LogP contribution in [0.1, 0.15) is 37.7 Å². The molecule has 0 spiro atoms. The maximum Gasteiger partial charge on any atom is 0.408 e. The summed E-state index contributed by atoms with van der Waals surface area (Å²) >= 11 is 0. The molecule has 2 saturated heterocycles. The quantitative estimate of drug-likeness (QED) is 0.821. The first-order valence-electron chi connectivity index (χ1n) is 8.46. The van der Waals surface area contributed by atoms with Crippen LogP contribution in [0.5, 0.6) is 0 Å². The first-order chi connectivity index (χ1) is 11.5. The van der Waals surface area contributed by atoms with Gasteiger partial charge in [0.05, 0.1) is 5.41 Å².